The second-order valence-electron chi connectivity index (χ2n) is 5.94. The van der Waals surface area contributed by atoms with E-state index < -0.39 is 5.72 Å². The quantitative estimate of drug-likeness (QED) is 0.832. The highest BCUT2D eigenvalue weighted by Crippen LogP contribution is 2.32. The van der Waals surface area contributed by atoms with Gasteiger partial charge in [-0.15, -0.1) is 0 Å². The van der Waals surface area contributed by atoms with Gasteiger partial charge in [-0.2, -0.15) is 15.0 Å². The van der Waals surface area contributed by atoms with E-state index in [0.717, 1.165) is 12.0 Å². The third kappa shape index (κ3) is 2.32. The third-order valence-electron chi connectivity index (χ3n) is 4.31. The van der Waals surface area contributed by atoms with E-state index in [4.69, 9.17) is 9.47 Å². The first-order valence-electron chi connectivity index (χ1n) is 7.71. The summed E-state index contributed by atoms with van der Waals surface area (Å²) in [4.78, 5) is 16.5. The SMILES string of the molecule is Cc1ccc(-n2nccn2)c(C(=O)N2CCCOC23COC3)c1. The van der Waals surface area contributed by atoms with Crippen molar-refractivity contribution >= 4 is 5.91 Å². The molecule has 1 spiro atoms. The van der Waals surface area contributed by atoms with E-state index in [0.29, 0.717) is 37.6 Å². The molecule has 2 saturated heterocycles. The van der Waals surface area contributed by atoms with Gasteiger partial charge in [-0.25, -0.2) is 0 Å². The molecule has 0 N–H and O–H groups in total. The number of aryl methyl sites for hydroxylation is 1. The highest BCUT2D eigenvalue weighted by Gasteiger charge is 2.49. The minimum absolute atomic E-state index is 0.0657. The Morgan fingerprint density at radius 2 is 2.04 bits per heavy atom. The summed E-state index contributed by atoms with van der Waals surface area (Å²) in [6, 6.07) is 5.70. The van der Waals surface area contributed by atoms with Gasteiger partial charge in [-0.05, 0) is 25.5 Å². The van der Waals surface area contributed by atoms with E-state index in [-0.39, 0.29) is 5.91 Å². The number of nitrogens with zero attached hydrogens (tertiary/aromatic N) is 4. The molecule has 0 saturated carbocycles. The van der Waals surface area contributed by atoms with Crippen LogP contribution >= 0.6 is 0 Å². The summed E-state index contributed by atoms with van der Waals surface area (Å²) in [6.45, 7) is 4.16. The molecule has 2 aliphatic heterocycles. The minimum atomic E-state index is -0.603. The zero-order valence-electron chi connectivity index (χ0n) is 12.9. The molecule has 0 atom stereocenters. The van der Waals surface area contributed by atoms with Crippen molar-refractivity contribution < 1.29 is 14.3 Å². The van der Waals surface area contributed by atoms with E-state index in [1.807, 2.05) is 25.1 Å². The molecule has 4 rings (SSSR count). The van der Waals surface area contributed by atoms with Gasteiger partial charge in [-0.3, -0.25) is 4.79 Å². The lowest BCUT2D eigenvalue weighted by atomic mass is 10.0. The summed E-state index contributed by atoms with van der Waals surface area (Å²) in [5.41, 5.74) is 1.67. The van der Waals surface area contributed by atoms with Gasteiger partial charge in [0, 0.05) is 6.54 Å². The monoisotopic (exact) mass is 314 g/mol. The van der Waals surface area contributed by atoms with E-state index in [9.17, 15) is 4.79 Å². The Balaban J connectivity index is 1.74. The smallest absolute Gasteiger partial charge is 0.258 e. The molecule has 1 amide bonds. The number of hydrogen-bond donors (Lipinski definition) is 0. The molecule has 2 fully saturated rings. The zero-order valence-corrected chi connectivity index (χ0v) is 12.9. The molecule has 2 aromatic rings. The highest BCUT2D eigenvalue weighted by molar-refractivity contribution is 5.98. The molecule has 2 aliphatic rings. The molecule has 0 unspecified atom stereocenters. The Labute approximate surface area is 133 Å². The standard InChI is InChI=1S/C16H18N4O3/c1-12-3-4-14(20-17-5-6-18-20)13(9-12)15(21)19-7-2-8-23-16(19)10-22-11-16/h3-6,9H,2,7-8,10-11H2,1H3. The normalized spacial score (nSPS) is 19.6. The average Bonchev–Trinajstić information content (AvgIpc) is 3.07. The zero-order chi connectivity index (χ0) is 15.9. The lowest BCUT2D eigenvalue weighted by molar-refractivity contribution is -0.284. The molecule has 0 aliphatic carbocycles. The van der Waals surface area contributed by atoms with Gasteiger partial charge >= 0.3 is 0 Å². The number of benzene rings is 1. The number of rotatable bonds is 2. The fourth-order valence-electron chi connectivity index (χ4n) is 3.05. The molecule has 0 bridgehead atoms. The Bertz CT molecular complexity index is 725. The van der Waals surface area contributed by atoms with Gasteiger partial charge in [0.25, 0.3) is 5.91 Å². The van der Waals surface area contributed by atoms with Crippen molar-refractivity contribution in [2.24, 2.45) is 0 Å². The summed E-state index contributed by atoms with van der Waals surface area (Å²) in [5, 5.41) is 8.31. The molecule has 0 radical (unpaired) electrons. The van der Waals surface area contributed by atoms with Crippen LogP contribution in [0.4, 0.5) is 0 Å². The van der Waals surface area contributed by atoms with Crippen LogP contribution in [-0.2, 0) is 9.47 Å². The maximum Gasteiger partial charge on any atom is 0.258 e. The second kappa shape index (κ2) is 5.43. The first kappa shape index (κ1) is 14.3. The summed E-state index contributed by atoms with van der Waals surface area (Å²) < 4.78 is 11.2. The number of aromatic nitrogens is 3. The Morgan fingerprint density at radius 3 is 2.74 bits per heavy atom. The number of carbonyl (C=O) groups excluding carboxylic acids is 1. The van der Waals surface area contributed by atoms with Crippen LogP contribution in [-0.4, -0.2) is 57.9 Å². The van der Waals surface area contributed by atoms with E-state index in [1.54, 1.807) is 17.3 Å². The molecular formula is C16H18N4O3. The van der Waals surface area contributed by atoms with E-state index >= 15 is 0 Å². The Morgan fingerprint density at radius 1 is 1.26 bits per heavy atom. The van der Waals surface area contributed by atoms with Crippen molar-refractivity contribution in [3.63, 3.8) is 0 Å². The van der Waals surface area contributed by atoms with Crippen LogP contribution in [0.1, 0.15) is 22.3 Å². The van der Waals surface area contributed by atoms with Gasteiger partial charge in [0.05, 0.1) is 43.5 Å². The lowest BCUT2D eigenvalue weighted by Crippen LogP contribution is -2.67. The van der Waals surface area contributed by atoms with Crippen molar-refractivity contribution in [3.8, 4) is 5.69 Å². The summed E-state index contributed by atoms with van der Waals surface area (Å²) in [7, 11) is 0. The molecule has 1 aromatic carbocycles. The summed E-state index contributed by atoms with van der Waals surface area (Å²) >= 11 is 0. The maximum absolute atomic E-state index is 13.2. The van der Waals surface area contributed by atoms with Gasteiger partial charge in [0.2, 0.25) is 0 Å². The molecular weight excluding hydrogens is 296 g/mol. The predicted molar refractivity (Wildman–Crippen MR) is 81.3 cm³/mol. The van der Waals surface area contributed by atoms with Crippen molar-refractivity contribution in [1.82, 2.24) is 19.9 Å². The van der Waals surface area contributed by atoms with Crippen molar-refractivity contribution in [2.75, 3.05) is 26.4 Å². The minimum Gasteiger partial charge on any atom is -0.371 e. The van der Waals surface area contributed by atoms with Crippen LogP contribution in [0.5, 0.6) is 0 Å². The van der Waals surface area contributed by atoms with Crippen LogP contribution in [0.2, 0.25) is 0 Å². The number of carbonyl (C=O) groups is 1. The van der Waals surface area contributed by atoms with Gasteiger partial charge in [0.15, 0.2) is 5.72 Å². The number of hydrogen-bond acceptors (Lipinski definition) is 5. The number of ether oxygens (including phenoxy) is 2. The van der Waals surface area contributed by atoms with Crippen LogP contribution in [0.25, 0.3) is 5.69 Å². The van der Waals surface area contributed by atoms with E-state index in [1.165, 1.54) is 4.80 Å². The largest absolute Gasteiger partial charge is 0.371 e. The number of amides is 1. The molecule has 7 heteroatoms. The van der Waals surface area contributed by atoms with E-state index in [2.05, 4.69) is 10.2 Å². The average molecular weight is 314 g/mol. The molecule has 23 heavy (non-hydrogen) atoms. The van der Waals surface area contributed by atoms with Gasteiger partial charge in [0.1, 0.15) is 0 Å². The van der Waals surface area contributed by atoms with Crippen LogP contribution in [0.15, 0.2) is 30.6 Å². The fraction of sp³-hybridized carbons (Fsp3) is 0.438. The van der Waals surface area contributed by atoms with Crippen LogP contribution in [0.3, 0.4) is 0 Å². The summed E-state index contributed by atoms with van der Waals surface area (Å²) in [5.74, 6) is -0.0657. The fourth-order valence-corrected chi connectivity index (χ4v) is 3.05. The highest BCUT2D eigenvalue weighted by atomic mass is 16.6. The Hall–Kier alpha value is -2.25. The van der Waals surface area contributed by atoms with Gasteiger partial charge in [-0.1, -0.05) is 11.6 Å². The molecule has 3 heterocycles. The van der Waals surface area contributed by atoms with Crippen molar-refractivity contribution in [2.45, 2.75) is 19.1 Å². The van der Waals surface area contributed by atoms with Gasteiger partial charge < -0.3 is 14.4 Å². The molecule has 7 nitrogen and oxygen atoms in total. The van der Waals surface area contributed by atoms with Crippen molar-refractivity contribution in [1.29, 1.82) is 0 Å². The third-order valence-corrected chi connectivity index (χ3v) is 4.31. The Kier molecular flexibility index (Phi) is 3.39. The maximum atomic E-state index is 13.2. The van der Waals surface area contributed by atoms with Crippen LogP contribution in [0, 0.1) is 6.92 Å². The summed E-state index contributed by atoms with van der Waals surface area (Å²) in [6.07, 6.45) is 4.02. The van der Waals surface area contributed by atoms with Crippen LogP contribution < -0.4 is 0 Å². The lowest BCUT2D eigenvalue weighted by Gasteiger charge is -2.51. The topological polar surface area (TPSA) is 69.5 Å². The molecule has 120 valence electrons. The van der Waals surface area contributed by atoms with Crippen molar-refractivity contribution in [3.05, 3.63) is 41.7 Å². The predicted octanol–water partition coefficient (Wildman–Crippen LogP) is 1.16. The molecule has 1 aromatic heterocycles. The second-order valence-corrected chi connectivity index (χ2v) is 5.94. The first-order chi connectivity index (χ1) is 11.2. The first-order valence-corrected chi connectivity index (χ1v) is 7.71.